The normalized spacial score (nSPS) is 13.6. The van der Waals surface area contributed by atoms with Crippen LogP contribution in [-0.4, -0.2) is 124 Å². The Morgan fingerprint density at radius 3 is 2.16 bits per heavy atom. The van der Waals surface area contributed by atoms with Crippen LogP contribution in [0.3, 0.4) is 0 Å². The van der Waals surface area contributed by atoms with Gasteiger partial charge in [-0.2, -0.15) is 0 Å². The first-order valence-electron chi connectivity index (χ1n) is 15.9. The van der Waals surface area contributed by atoms with Crippen molar-refractivity contribution < 1.29 is 44.0 Å². The van der Waals surface area contributed by atoms with Gasteiger partial charge in [0, 0.05) is 57.6 Å². The van der Waals surface area contributed by atoms with Gasteiger partial charge in [-0.3, -0.25) is 24.2 Å². The number of carbonyl (C=O) groups excluding carboxylic acids is 2. The van der Waals surface area contributed by atoms with Crippen molar-refractivity contribution in [1.82, 2.24) is 24.3 Å². The lowest BCUT2D eigenvalue weighted by Crippen LogP contribution is -2.49. The Labute approximate surface area is 289 Å². The van der Waals surface area contributed by atoms with E-state index in [0.717, 1.165) is 41.9 Å². The Balaban J connectivity index is 0.000000551. The minimum Gasteiger partial charge on any atom is -0.493 e. The monoisotopic (exact) mass is 690 g/mol. The lowest BCUT2D eigenvalue weighted by Gasteiger charge is -2.35. The first kappa shape index (κ1) is 37.3. The van der Waals surface area contributed by atoms with Crippen LogP contribution in [0.4, 0.5) is 5.82 Å². The third-order valence-electron chi connectivity index (χ3n) is 8.16. The van der Waals surface area contributed by atoms with E-state index >= 15 is 0 Å². The van der Waals surface area contributed by atoms with Crippen LogP contribution in [0.25, 0.3) is 11.0 Å². The highest BCUT2D eigenvalue weighted by Gasteiger charge is 2.26. The number of pyridine rings is 1. The van der Waals surface area contributed by atoms with Crippen molar-refractivity contribution in [2.75, 3.05) is 58.9 Å². The molecule has 2 aromatic heterocycles. The molecule has 0 spiro atoms. The number of rotatable bonds is 11. The first-order chi connectivity index (χ1) is 23.8. The van der Waals surface area contributed by atoms with Gasteiger partial charge in [0.15, 0.2) is 17.6 Å². The number of nitrogens with zero attached hydrogens (tertiary/aromatic N) is 6. The fraction of sp³-hybridized carbons (Fsp3) is 0.371. The van der Waals surface area contributed by atoms with Crippen LogP contribution in [0.2, 0.25) is 0 Å². The highest BCUT2D eigenvalue weighted by molar-refractivity contribution is 6.04. The number of ether oxygens (including phenoxy) is 2. The van der Waals surface area contributed by atoms with Crippen molar-refractivity contribution in [1.29, 1.82) is 0 Å². The fourth-order valence-electron chi connectivity index (χ4n) is 5.53. The van der Waals surface area contributed by atoms with Gasteiger partial charge < -0.3 is 34.3 Å². The number of hydrogen-bond acceptors (Lipinski definition) is 10. The molecule has 4 aromatic rings. The Hall–Kier alpha value is -5.54. The van der Waals surface area contributed by atoms with Crippen LogP contribution < -0.4 is 14.4 Å². The van der Waals surface area contributed by atoms with E-state index in [-0.39, 0.29) is 11.8 Å². The van der Waals surface area contributed by atoms with Gasteiger partial charge in [-0.15, -0.1) is 0 Å². The Kier molecular flexibility index (Phi) is 12.5. The zero-order chi connectivity index (χ0) is 36.5. The summed E-state index contributed by atoms with van der Waals surface area (Å²) in [6, 6.07) is 16.9. The number of anilines is 1. The number of aromatic nitrogens is 3. The van der Waals surface area contributed by atoms with Gasteiger partial charge in [0.2, 0.25) is 5.82 Å². The van der Waals surface area contributed by atoms with Crippen molar-refractivity contribution in [3.63, 3.8) is 0 Å². The zero-order valence-electron chi connectivity index (χ0n) is 28.7. The molecule has 1 fully saturated rings. The summed E-state index contributed by atoms with van der Waals surface area (Å²) >= 11 is 0. The number of amides is 2. The summed E-state index contributed by atoms with van der Waals surface area (Å²) in [5.41, 5.74) is 4.18. The molecule has 3 heterocycles. The summed E-state index contributed by atoms with van der Waals surface area (Å²) < 4.78 is 12.7. The van der Waals surface area contributed by atoms with Gasteiger partial charge in [0.1, 0.15) is 5.82 Å². The maximum Gasteiger partial charge on any atom is 0.333 e. The molecule has 1 saturated heterocycles. The second-order valence-electron chi connectivity index (χ2n) is 11.7. The number of aryl methyl sites for hydroxylation is 2. The summed E-state index contributed by atoms with van der Waals surface area (Å²) in [5.74, 6) is -0.962. The third-order valence-corrected chi connectivity index (χ3v) is 8.16. The molecule has 2 amide bonds. The largest absolute Gasteiger partial charge is 0.493 e. The van der Waals surface area contributed by atoms with Crippen LogP contribution in [-0.2, 0) is 16.1 Å². The predicted octanol–water partition coefficient (Wildman–Crippen LogP) is 2.71. The van der Waals surface area contributed by atoms with E-state index < -0.39 is 24.5 Å². The first-order valence-corrected chi connectivity index (χ1v) is 15.9. The molecule has 2 aromatic carbocycles. The van der Waals surface area contributed by atoms with Crippen molar-refractivity contribution in [3.05, 3.63) is 77.2 Å². The maximum absolute atomic E-state index is 13.7. The van der Waals surface area contributed by atoms with Gasteiger partial charge in [-0.05, 0) is 61.9 Å². The topological polar surface area (TPSA) is 188 Å². The zero-order valence-corrected chi connectivity index (χ0v) is 28.7. The maximum atomic E-state index is 13.7. The summed E-state index contributed by atoms with van der Waals surface area (Å²) in [7, 11) is 4.87. The van der Waals surface area contributed by atoms with E-state index in [2.05, 4.69) is 9.88 Å². The van der Waals surface area contributed by atoms with Crippen molar-refractivity contribution in [3.8, 4) is 11.5 Å². The minimum atomic E-state index is -1.79. The average molecular weight is 691 g/mol. The molecule has 1 aliphatic rings. The second-order valence-corrected chi connectivity index (χ2v) is 11.7. The molecule has 50 heavy (non-hydrogen) atoms. The standard InChI is InChI=1S/C31H36N6O4.C4H6O5/c1-21-18-22(2)32-28(19-21)34(3)31(39)29-33-24-8-6-7-9-25(24)37(29)17-14-35-12-15-36(16-13-35)30(38)23-10-11-26(40-4)27(20-23)41-5;5-2(4(8)9)1-3(6)7/h6-11,18-20H,12-17H2,1-5H3;2,5H,1H2,(H,6,7)(H,8,9). The van der Waals surface area contributed by atoms with E-state index in [1.807, 2.05) is 59.7 Å². The molecule has 15 nitrogen and oxygen atoms in total. The number of para-hydroxylation sites is 2. The second kappa shape index (κ2) is 16.7. The Bertz CT molecular complexity index is 1830. The smallest absolute Gasteiger partial charge is 0.333 e. The number of fused-ring (bicyclic) bond motifs is 1. The number of aliphatic hydroxyl groups excluding tert-OH is 1. The number of imidazole rings is 1. The van der Waals surface area contributed by atoms with Gasteiger partial charge >= 0.3 is 11.9 Å². The van der Waals surface area contributed by atoms with Crippen molar-refractivity contribution in [2.24, 2.45) is 0 Å². The molecular formula is C35H42N6O9. The molecule has 0 aliphatic carbocycles. The molecular weight excluding hydrogens is 648 g/mol. The van der Waals surface area contributed by atoms with Gasteiger partial charge in [-0.25, -0.2) is 14.8 Å². The average Bonchev–Trinajstić information content (AvgIpc) is 3.47. The molecule has 3 N–H and O–H groups in total. The highest BCUT2D eigenvalue weighted by Crippen LogP contribution is 2.28. The Morgan fingerprint density at radius 1 is 0.880 bits per heavy atom. The SMILES string of the molecule is COc1ccc(C(=O)N2CCN(CCn3c(C(=O)N(C)c4cc(C)cc(C)n4)nc4ccccc43)CC2)cc1OC.O=C(O)CC(O)C(=O)O. The van der Waals surface area contributed by atoms with Gasteiger partial charge in [0.05, 0.1) is 31.7 Å². The quantitative estimate of drug-likeness (QED) is 0.209. The summed E-state index contributed by atoms with van der Waals surface area (Å²) in [6.45, 7) is 7.94. The minimum absolute atomic E-state index is 0.0258. The molecule has 1 unspecified atom stereocenters. The summed E-state index contributed by atoms with van der Waals surface area (Å²) in [4.78, 5) is 61.3. The number of piperazine rings is 1. The predicted molar refractivity (Wildman–Crippen MR) is 184 cm³/mol. The van der Waals surface area contributed by atoms with Crippen molar-refractivity contribution >= 4 is 40.6 Å². The number of aliphatic carboxylic acids is 2. The van der Waals surface area contributed by atoms with Crippen LogP contribution in [0.5, 0.6) is 11.5 Å². The molecule has 0 saturated carbocycles. The number of methoxy groups -OCH3 is 2. The summed E-state index contributed by atoms with van der Waals surface area (Å²) in [6.07, 6.45) is -2.54. The van der Waals surface area contributed by atoms with Gasteiger partial charge in [-0.1, -0.05) is 12.1 Å². The van der Waals surface area contributed by atoms with E-state index in [1.54, 1.807) is 44.4 Å². The lowest BCUT2D eigenvalue weighted by molar-refractivity contribution is -0.152. The van der Waals surface area contributed by atoms with Gasteiger partial charge in [0.25, 0.3) is 11.8 Å². The van der Waals surface area contributed by atoms with Crippen LogP contribution >= 0.6 is 0 Å². The summed E-state index contributed by atoms with van der Waals surface area (Å²) in [5, 5.41) is 24.1. The van der Waals surface area contributed by atoms with Crippen LogP contribution in [0.15, 0.2) is 54.6 Å². The number of carboxylic acid groups (broad SMARTS) is 2. The molecule has 266 valence electrons. The van der Waals surface area contributed by atoms with Crippen LogP contribution in [0.1, 0.15) is 38.7 Å². The lowest BCUT2D eigenvalue weighted by atomic mass is 10.1. The molecule has 0 radical (unpaired) electrons. The number of carboxylic acids is 2. The van der Waals surface area contributed by atoms with Crippen molar-refractivity contribution in [2.45, 2.75) is 32.9 Å². The number of hydrogen-bond donors (Lipinski definition) is 3. The number of aliphatic hydroxyl groups is 1. The fourth-order valence-corrected chi connectivity index (χ4v) is 5.53. The molecule has 5 rings (SSSR count). The van der Waals surface area contributed by atoms with Crippen LogP contribution in [0, 0.1) is 13.8 Å². The highest BCUT2D eigenvalue weighted by atomic mass is 16.5. The number of benzene rings is 2. The van der Waals surface area contributed by atoms with E-state index in [4.69, 9.17) is 29.8 Å². The number of carbonyl (C=O) groups is 4. The molecule has 0 bridgehead atoms. The third kappa shape index (κ3) is 9.12. The molecule has 1 aliphatic heterocycles. The van der Waals surface area contributed by atoms with E-state index in [9.17, 15) is 19.2 Å². The van der Waals surface area contributed by atoms with E-state index in [0.29, 0.717) is 48.3 Å². The molecule has 15 heteroatoms. The molecule has 1 atom stereocenters. The van der Waals surface area contributed by atoms with E-state index in [1.165, 1.54) is 0 Å². The Morgan fingerprint density at radius 2 is 1.56 bits per heavy atom.